The quantitative estimate of drug-likeness (QED) is 0.874. The second-order valence-electron chi connectivity index (χ2n) is 3.67. The van der Waals surface area contributed by atoms with E-state index in [1.165, 1.54) is 0 Å². The third-order valence-electron chi connectivity index (χ3n) is 2.01. The van der Waals surface area contributed by atoms with Crippen LogP contribution in [0.3, 0.4) is 0 Å². The van der Waals surface area contributed by atoms with Gasteiger partial charge in [0.05, 0.1) is 6.61 Å². The van der Waals surface area contributed by atoms with Crippen LogP contribution in [0.25, 0.3) is 0 Å². The summed E-state index contributed by atoms with van der Waals surface area (Å²) >= 11 is 3.33. The van der Waals surface area contributed by atoms with Crippen molar-refractivity contribution in [3.63, 3.8) is 0 Å². The maximum absolute atomic E-state index is 11.5. The van der Waals surface area contributed by atoms with Gasteiger partial charge in [-0.3, -0.25) is 4.79 Å². The average molecular weight is 302 g/mol. The first-order valence-electron chi connectivity index (χ1n) is 5.28. The molecule has 0 aliphatic rings. The molecule has 0 aliphatic heterocycles. The first kappa shape index (κ1) is 14.0. The van der Waals surface area contributed by atoms with Crippen molar-refractivity contribution in [2.24, 2.45) is 0 Å². The minimum atomic E-state index is -0.155. The van der Waals surface area contributed by atoms with Gasteiger partial charge in [-0.2, -0.15) is 0 Å². The molecule has 0 aromatic heterocycles. The van der Waals surface area contributed by atoms with Gasteiger partial charge in [-0.25, -0.2) is 0 Å². The lowest BCUT2D eigenvalue weighted by Gasteiger charge is -2.13. The second-order valence-corrected chi connectivity index (χ2v) is 4.58. The highest BCUT2D eigenvalue weighted by Gasteiger charge is 2.07. The van der Waals surface area contributed by atoms with Gasteiger partial charge >= 0.3 is 0 Å². The Morgan fingerprint density at radius 1 is 1.41 bits per heavy atom. The zero-order chi connectivity index (χ0) is 12.7. The molecule has 1 atom stereocenters. The molecule has 0 radical (unpaired) electrons. The number of amides is 1. The summed E-state index contributed by atoms with van der Waals surface area (Å²) in [4.78, 5) is 11.5. The fourth-order valence-corrected chi connectivity index (χ4v) is 1.55. The third kappa shape index (κ3) is 5.70. The van der Waals surface area contributed by atoms with Gasteiger partial charge in [-0.15, -0.1) is 0 Å². The van der Waals surface area contributed by atoms with Crippen molar-refractivity contribution in [1.29, 1.82) is 0 Å². The Hall–Kier alpha value is -1.07. The van der Waals surface area contributed by atoms with Gasteiger partial charge in [-0.1, -0.05) is 15.9 Å². The van der Waals surface area contributed by atoms with Gasteiger partial charge in [0.15, 0.2) is 6.61 Å². The highest BCUT2D eigenvalue weighted by Crippen LogP contribution is 2.15. The van der Waals surface area contributed by atoms with Crippen molar-refractivity contribution in [2.75, 3.05) is 20.3 Å². The van der Waals surface area contributed by atoms with Crippen molar-refractivity contribution in [1.82, 2.24) is 5.32 Å². The van der Waals surface area contributed by atoms with Crippen LogP contribution in [0.2, 0.25) is 0 Å². The highest BCUT2D eigenvalue weighted by molar-refractivity contribution is 9.10. The lowest BCUT2D eigenvalue weighted by Crippen LogP contribution is -2.38. The molecule has 0 bridgehead atoms. The minimum Gasteiger partial charge on any atom is -0.484 e. The molecule has 5 heteroatoms. The number of nitrogens with one attached hydrogen (secondary N) is 1. The highest BCUT2D eigenvalue weighted by atomic mass is 79.9. The summed E-state index contributed by atoms with van der Waals surface area (Å²) in [5.41, 5.74) is 0. The minimum absolute atomic E-state index is 0.00961. The lowest BCUT2D eigenvalue weighted by atomic mass is 10.3. The van der Waals surface area contributed by atoms with Crippen LogP contribution in [0.15, 0.2) is 28.7 Å². The topological polar surface area (TPSA) is 47.6 Å². The van der Waals surface area contributed by atoms with Gasteiger partial charge in [0.2, 0.25) is 0 Å². The Morgan fingerprint density at radius 2 is 2.06 bits per heavy atom. The van der Waals surface area contributed by atoms with Crippen LogP contribution in [-0.2, 0) is 9.53 Å². The SMILES string of the molecule is COCC(C)NC(=O)COc1ccc(Br)cc1. The maximum Gasteiger partial charge on any atom is 0.258 e. The summed E-state index contributed by atoms with van der Waals surface area (Å²) in [7, 11) is 1.60. The molecule has 1 amide bonds. The molecule has 0 saturated heterocycles. The van der Waals surface area contributed by atoms with Crippen molar-refractivity contribution in [3.8, 4) is 5.75 Å². The van der Waals surface area contributed by atoms with E-state index in [1.807, 2.05) is 19.1 Å². The van der Waals surface area contributed by atoms with Crippen LogP contribution in [0.5, 0.6) is 5.75 Å². The summed E-state index contributed by atoms with van der Waals surface area (Å²) in [6, 6.07) is 7.31. The summed E-state index contributed by atoms with van der Waals surface area (Å²) in [6.07, 6.45) is 0. The van der Waals surface area contributed by atoms with Crippen molar-refractivity contribution >= 4 is 21.8 Å². The number of rotatable bonds is 6. The average Bonchev–Trinajstić information content (AvgIpc) is 2.28. The Kier molecular flexibility index (Phi) is 6.00. The largest absolute Gasteiger partial charge is 0.484 e. The molecule has 1 unspecified atom stereocenters. The van der Waals surface area contributed by atoms with Gasteiger partial charge in [0.1, 0.15) is 5.75 Å². The first-order valence-corrected chi connectivity index (χ1v) is 6.08. The summed E-state index contributed by atoms with van der Waals surface area (Å²) in [5, 5.41) is 2.76. The van der Waals surface area contributed by atoms with Crippen molar-refractivity contribution in [3.05, 3.63) is 28.7 Å². The molecule has 1 N–H and O–H groups in total. The number of benzene rings is 1. The predicted octanol–water partition coefficient (Wildman–Crippen LogP) is 1.98. The number of ether oxygens (including phenoxy) is 2. The Labute approximate surface area is 109 Å². The van der Waals surface area contributed by atoms with E-state index in [2.05, 4.69) is 21.2 Å². The molecule has 1 rings (SSSR count). The second kappa shape index (κ2) is 7.29. The van der Waals surface area contributed by atoms with Gasteiger partial charge in [-0.05, 0) is 31.2 Å². The van der Waals surface area contributed by atoms with E-state index in [0.717, 1.165) is 4.47 Å². The van der Waals surface area contributed by atoms with Crippen LogP contribution in [0.4, 0.5) is 0 Å². The Balaban J connectivity index is 2.30. The number of hydrogen-bond donors (Lipinski definition) is 1. The molecule has 0 aliphatic carbocycles. The number of carbonyl (C=O) groups is 1. The molecular formula is C12H16BrNO3. The molecule has 0 fully saturated rings. The Bertz CT molecular complexity index is 353. The summed E-state index contributed by atoms with van der Waals surface area (Å²) in [5.74, 6) is 0.514. The monoisotopic (exact) mass is 301 g/mol. The van der Waals surface area contributed by atoms with Crippen LogP contribution >= 0.6 is 15.9 Å². The molecule has 94 valence electrons. The van der Waals surface area contributed by atoms with Crippen LogP contribution in [-0.4, -0.2) is 32.3 Å². The van der Waals surface area contributed by atoms with Gasteiger partial charge < -0.3 is 14.8 Å². The van der Waals surface area contributed by atoms with E-state index in [-0.39, 0.29) is 18.6 Å². The molecular weight excluding hydrogens is 286 g/mol. The smallest absolute Gasteiger partial charge is 0.258 e. The van der Waals surface area contributed by atoms with Gasteiger partial charge in [0.25, 0.3) is 5.91 Å². The van der Waals surface area contributed by atoms with E-state index in [4.69, 9.17) is 9.47 Å². The van der Waals surface area contributed by atoms with Crippen LogP contribution in [0.1, 0.15) is 6.92 Å². The number of methoxy groups -OCH3 is 1. The molecule has 17 heavy (non-hydrogen) atoms. The number of hydrogen-bond acceptors (Lipinski definition) is 3. The molecule has 1 aromatic carbocycles. The molecule has 0 saturated carbocycles. The van der Waals surface area contributed by atoms with E-state index >= 15 is 0 Å². The lowest BCUT2D eigenvalue weighted by molar-refractivity contribution is -0.124. The van der Waals surface area contributed by atoms with Gasteiger partial charge in [0, 0.05) is 17.6 Å². The fraction of sp³-hybridized carbons (Fsp3) is 0.417. The fourth-order valence-electron chi connectivity index (χ4n) is 1.29. The number of carbonyl (C=O) groups excluding carboxylic acids is 1. The first-order chi connectivity index (χ1) is 8.11. The van der Waals surface area contributed by atoms with Crippen LogP contribution in [0, 0.1) is 0 Å². The summed E-state index contributed by atoms with van der Waals surface area (Å²) < 4.78 is 11.2. The summed E-state index contributed by atoms with van der Waals surface area (Å²) in [6.45, 7) is 2.38. The zero-order valence-corrected chi connectivity index (χ0v) is 11.5. The molecule has 0 heterocycles. The zero-order valence-electron chi connectivity index (χ0n) is 9.90. The Morgan fingerprint density at radius 3 is 2.65 bits per heavy atom. The predicted molar refractivity (Wildman–Crippen MR) is 69.1 cm³/mol. The molecule has 0 spiro atoms. The van der Waals surface area contributed by atoms with E-state index in [1.54, 1.807) is 19.2 Å². The molecule has 1 aromatic rings. The third-order valence-corrected chi connectivity index (χ3v) is 2.54. The normalized spacial score (nSPS) is 11.9. The standard InChI is InChI=1S/C12H16BrNO3/c1-9(7-16-2)14-12(15)8-17-11-5-3-10(13)4-6-11/h3-6,9H,7-8H2,1-2H3,(H,14,15). The van der Waals surface area contributed by atoms with Crippen molar-refractivity contribution in [2.45, 2.75) is 13.0 Å². The maximum atomic E-state index is 11.5. The molecule has 4 nitrogen and oxygen atoms in total. The van der Waals surface area contributed by atoms with Crippen molar-refractivity contribution < 1.29 is 14.3 Å². The van der Waals surface area contributed by atoms with Crippen LogP contribution < -0.4 is 10.1 Å². The van der Waals surface area contributed by atoms with E-state index in [0.29, 0.717) is 12.4 Å². The number of halogens is 1. The van der Waals surface area contributed by atoms with E-state index in [9.17, 15) is 4.79 Å². The van der Waals surface area contributed by atoms with E-state index < -0.39 is 0 Å².